The Morgan fingerprint density at radius 3 is 2.58 bits per heavy atom. The second kappa shape index (κ2) is 10.6. The molecule has 1 saturated carbocycles. The molecule has 5 rings (SSSR count). The van der Waals surface area contributed by atoms with Gasteiger partial charge < -0.3 is 10.2 Å². The van der Waals surface area contributed by atoms with E-state index in [1.54, 1.807) is 11.1 Å². The number of anilines is 1. The Morgan fingerprint density at radius 2 is 1.87 bits per heavy atom. The molecule has 0 bridgehead atoms. The van der Waals surface area contributed by atoms with Gasteiger partial charge in [-0.2, -0.15) is 0 Å². The lowest BCUT2D eigenvalue weighted by Crippen LogP contribution is -2.54. The summed E-state index contributed by atoms with van der Waals surface area (Å²) in [4.78, 5) is 20.3. The fourth-order valence-electron chi connectivity index (χ4n) is 7.35. The van der Waals surface area contributed by atoms with E-state index in [2.05, 4.69) is 63.1 Å². The molecular formula is C34H43N3O. The minimum atomic E-state index is -0.0502. The third-order valence-corrected chi connectivity index (χ3v) is 9.39. The van der Waals surface area contributed by atoms with Gasteiger partial charge in [-0.1, -0.05) is 76.1 Å². The first-order valence-corrected chi connectivity index (χ1v) is 14.3. The van der Waals surface area contributed by atoms with Gasteiger partial charge >= 0.3 is 6.03 Å². The lowest BCUT2D eigenvalue weighted by Gasteiger charge is -2.56. The van der Waals surface area contributed by atoms with E-state index in [4.69, 9.17) is 0 Å². The zero-order chi connectivity index (χ0) is 26.9. The number of aryl methyl sites for hydroxylation is 2. The van der Waals surface area contributed by atoms with E-state index >= 15 is 0 Å². The molecule has 2 aromatic carbocycles. The summed E-state index contributed by atoms with van der Waals surface area (Å²) in [6.45, 7) is 12.8. The number of amides is 2. The molecule has 3 aromatic rings. The maximum absolute atomic E-state index is 13.7. The molecule has 3 atom stereocenters. The van der Waals surface area contributed by atoms with Crippen molar-refractivity contribution in [2.75, 3.05) is 11.9 Å². The Labute approximate surface area is 228 Å². The number of hydrogen-bond acceptors (Lipinski definition) is 2. The number of aromatic nitrogens is 1. The van der Waals surface area contributed by atoms with Gasteiger partial charge in [-0.05, 0) is 96.2 Å². The molecule has 38 heavy (non-hydrogen) atoms. The van der Waals surface area contributed by atoms with Crippen LogP contribution in [0.2, 0.25) is 0 Å². The van der Waals surface area contributed by atoms with Crippen LogP contribution >= 0.6 is 0 Å². The van der Waals surface area contributed by atoms with E-state index in [9.17, 15) is 4.79 Å². The number of benzene rings is 2. The summed E-state index contributed by atoms with van der Waals surface area (Å²) < 4.78 is 0. The lowest BCUT2D eigenvalue weighted by molar-refractivity contribution is 0.00450. The molecule has 0 spiro atoms. The van der Waals surface area contributed by atoms with Crippen LogP contribution < -0.4 is 5.32 Å². The Balaban J connectivity index is 1.44. The quantitative estimate of drug-likeness (QED) is 0.363. The molecule has 2 aliphatic carbocycles. The van der Waals surface area contributed by atoms with E-state index in [0.717, 1.165) is 30.8 Å². The second-order valence-electron chi connectivity index (χ2n) is 12.6. The van der Waals surface area contributed by atoms with Crippen molar-refractivity contribution < 1.29 is 4.79 Å². The molecule has 2 amide bonds. The van der Waals surface area contributed by atoms with Crippen LogP contribution in [0.15, 0.2) is 66.9 Å². The van der Waals surface area contributed by atoms with E-state index in [1.807, 2.05) is 53.6 Å². The van der Waals surface area contributed by atoms with Gasteiger partial charge in [0, 0.05) is 18.4 Å². The Bertz CT molecular complexity index is 1270. The lowest BCUT2D eigenvalue weighted by atomic mass is 9.49. The normalized spacial score (nSPS) is 24.4. The number of hydrogen-bond donors (Lipinski definition) is 1. The van der Waals surface area contributed by atoms with Crippen molar-refractivity contribution in [1.82, 2.24) is 9.88 Å². The summed E-state index contributed by atoms with van der Waals surface area (Å²) in [5.74, 6) is 1.08. The van der Waals surface area contributed by atoms with Crippen molar-refractivity contribution in [3.8, 4) is 0 Å². The van der Waals surface area contributed by atoms with Crippen LogP contribution in [0.4, 0.5) is 10.5 Å². The fourth-order valence-corrected chi connectivity index (χ4v) is 7.35. The maximum Gasteiger partial charge on any atom is 0.322 e. The molecule has 1 heterocycles. The van der Waals surface area contributed by atoms with Gasteiger partial charge in [-0.15, -0.1) is 0 Å². The predicted molar refractivity (Wildman–Crippen MR) is 156 cm³/mol. The molecule has 1 fully saturated rings. The van der Waals surface area contributed by atoms with Crippen LogP contribution in [0.5, 0.6) is 0 Å². The average molecular weight is 510 g/mol. The SMILES string of the molecule is Cc1ccc(NC(=O)N(Cc2ccccn2)CC2(C)CCCC3(C)c4ccc(C(C)C)cc4CCC23)cc1. The summed E-state index contributed by atoms with van der Waals surface area (Å²) in [6, 6.07) is 21.2. The first-order chi connectivity index (χ1) is 18.2. The molecule has 1 aromatic heterocycles. The highest BCUT2D eigenvalue weighted by molar-refractivity contribution is 5.89. The number of carbonyl (C=O) groups excluding carboxylic acids is 1. The summed E-state index contributed by atoms with van der Waals surface area (Å²) in [7, 11) is 0. The van der Waals surface area contributed by atoms with Crippen LogP contribution in [0, 0.1) is 18.3 Å². The number of nitrogens with one attached hydrogen (secondary N) is 1. The van der Waals surface area contributed by atoms with E-state index in [0.29, 0.717) is 18.4 Å². The van der Waals surface area contributed by atoms with Crippen molar-refractivity contribution >= 4 is 11.7 Å². The van der Waals surface area contributed by atoms with Gasteiger partial charge in [0.05, 0.1) is 12.2 Å². The molecule has 2 aliphatic rings. The largest absolute Gasteiger partial charge is 0.322 e. The minimum absolute atomic E-state index is 0.0286. The first-order valence-electron chi connectivity index (χ1n) is 14.3. The van der Waals surface area contributed by atoms with Crippen molar-refractivity contribution in [1.29, 1.82) is 0 Å². The summed E-state index contributed by atoms with van der Waals surface area (Å²) >= 11 is 0. The van der Waals surface area contributed by atoms with Gasteiger partial charge in [-0.25, -0.2) is 4.79 Å². The van der Waals surface area contributed by atoms with Gasteiger partial charge in [0.25, 0.3) is 0 Å². The molecule has 0 saturated heterocycles. The van der Waals surface area contributed by atoms with E-state index in [1.165, 1.54) is 30.4 Å². The smallest absolute Gasteiger partial charge is 0.318 e. The predicted octanol–water partition coefficient (Wildman–Crippen LogP) is 8.26. The molecule has 3 unspecified atom stereocenters. The van der Waals surface area contributed by atoms with Gasteiger partial charge in [0.1, 0.15) is 0 Å². The Morgan fingerprint density at radius 1 is 1.08 bits per heavy atom. The van der Waals surface area contributed by atoms with Gasteiger partial charge in [-0.3, -0.25) is 4.98 Å². The van der Waals surface area contributed by atoms with Crippen LogP contribution in [0.3, 0.4) is 0 Å². The second-order valence-corrected chi connectivity index (χ2v) is 12.6. The van der Waals surface area contributed by atoms with E-state index < -0.39 is 0 Å². The molecule has 1 N–H and O–H groups in total. The van der Waals surface area contributed by atoms with Crippen molar-refractivity contribution in [3.63, 3.8) is 0 Å². The minimum Gasteiger partial charge on any atom is -0.318 e. The van der Waals surface area contributed by atoms with Gasteiger partial charge in [0.15, 0.2) is 0 Å². The summed E-state index contributed by atoms with van der Waals surface area (Å²) in [6.07, 6.45) is 7.67. The molecular weight excluding hydrogens is 466 g/mol. The van der Waals surface area contributed by atoms with Crippen LogP contribution in [0.1, 0.15) is 87.2 Å². The first kappa shape index (κ1) is 26.5. The molecule has 4 heteroatoms. The highest BCUT2D eigenvalue weighted by Crippen LogP contribution is 2.57. The highest BCUT2D eigenvalue weighted by atomic mass is 16.2. The van der Waals surface area contributed by atoms with Crippen molar-refractivity contribution in [2.45, 2.75) is 84.6 Å². The van der Waals surface area contributed by atoms with Crippen LogP contribution in [-0.4, -0.2) is 22.5 Å². The molecule has 200 valence electrons. The molecule has 4 nitrogen and oxygen atoms in total. The number of fused-ring (bicyclic) bond motifs is 3. The van der Waals surface area contributed by atoms with E-state index in [-0.39, 0.29) is 16.9 Å². The maximum atomic E-state index is 13.7. The summed E-state index contributed by atoms with van der Waals surface area (Å²) in [5.41, 5.74) is 7.63. The zero-order valence-corrected chi connectivity index (χ0v) is 23.8. The Kier molecular flexibility index (Phi) is 7.35. The number of pyridine rings is 1. The standard InChI is InChI=1S/C34H43N3O/c1-24(2)26-12-16-30-27(21-26)13-17-31-33(4,18-8-19-34(30,31)5)23-37(22-29-9-6-7-20-35-29)32(38)36-28-14-10-25(3)11-15-28/h6-7,9-12,14-16,20-21,24,31H,8,13,17-19,22-23H2,1-5H3,(H,36,38). The third kappa shape index (κ3) is 5.23. The number of nitrogens with zero attached hydrogens (tertiary/aromatic N) is 2. The van der Waals surface area contributed by atoms with Crippen molar-refractivity contribution in [3.05, 3.63) is 94.8 Å². The summed E-state index contributed by atoms with van der Waals surface area (Å²) in [5, 5.41) is 3.17. The van der Waals surface area contributed by atoms with Crippen molar-refractivity contribution in [2.24, 2.45) is 11.3 Å². The Hall–Kier alpha value is -3.14. The monoisotopic (exact) mass is 509 g/mol. The molecule has 0 aliphatic heterocycles. The zero-order valence-electron chi connectivity index (χ0n) is 23.8. The number of carbonyl (C=O) groups is 1. The van der Waals surface area contributed by atoms with Crippen LogP contribution in [-0.2, 0) is 18.4 Å². The third-order valence-electron chi connectivity index (χ3n) is 9.39. The van der Waals surface area contributed by atoms with Gasteiger partial charge in [0.2, 0.25) is 0 Å². The van der Waals surface area contributed by atoms with Crippen LogP contribution in [0.25, 0.3) is 0 Å². The average Bonchev–Trinajstić information content (AvgIpc) is 2.90. The fraction of sp³-hybridized carbons (Fsp3) is 0.471. The topological polar surface area (TPSA) is 45.2 Å². The molecule has 0 radical (unpaired) electrons. The number of urea groups is 1. The number of rotatable bonds is 6. The highest BCUT2D eigenvalue weighted by Gasteiger charge is 2.52.